The van der Waals surface area contributed by atoms with E-state index in [0.717, 1.165) is 42.8 Å². The molecule has 5 N–H and O–H groups in total. The van der Waals surface area contributed by atoms with Crippen molar-refractivity contribution >= 4 is 34.7 Å². The van der Waals surface area contributed by atoms with Gasteiger partial charge in [0.25, 0.3) is 5.91 Å². The molecule has 0 aliphatic carbocycles. The Bertz CT molecular complexity index is 1310. The molecule has 38 heavy (non-hydrogen) atoms. The van der Waals surface area contributed by atoms with E-state index >= 15 is 0 Å². The summed E-state index contributed by atoms with van der Waals surface area (Å²) in [6.07, 6.45) is 5.17. The molecule has 2 atom stereocenters. The molecule has 3 heterocycles. The SMILES string of the molecule is CC(Oc1ccc2c(c1)NC(C(N)=O)=NC2Nc1ccc(OCc2cccnc2)c(Cl)c1)C1CCNCC1. The maximum absolute atomic E-state index is 12.0. The summed E-state index contributed by atoms with van der Waals surface area (Å²) in [7, 11) is 0. The molecule has 2 aliphatic rings. The second-order valence-electron chi connectivity index (χ2n) is 9.47. The minimum atomic E-state index is -0.644. The Kier molecular flexibility index (Phi) is 7.95. The van der Waals surface area contributed by atoms with Crippen molar-refractivity contribution in [2.24, 2.45) is 16.6 Å². The van der Waals surface area contributed by atoms with Crippen LogP contribution >= 0.6 is 11.6 Å². The van der Waals surface area contributed by atoms with Crippen molar-refractivity contribution in [2.45, 2.75) is 38.6 Å². The number of hydrogen-bond donors (Lipinski definition) is 4. The number of nitrogens with one attached hydrogen (secondary N) is 3. The van der Waals surface area contributed by atoms with Crippen LogP contribution in [0.25, 0.3) is 0 Å². The molecule has 3 aromatic rings. The lowest BCUT2D eigenvalue weighted by Crippen LogP contribution is -2.35. The number of rotatable bonds is 9. The minimum Gasteiger partial charge on any atom is -0.490 e. The topological polar surface area (TPSA) is 123 Å². The summed E-state index contributed by atoms with van der Waals surface area (Å²) in [5.74, 6) is 1.20. The van der Waals surface area contributed by atoms with E-state index in [1.54, 1.807) is 24.5 Å². The molecule has 10 heteroatoms. The first-order valence-electron chi connectivity index (χ1n) is 12.7. The zero-order chi connectivity index (χ0) is 26.5. The number of fused-ring (bicyclic) bond motifs is 1. The first kappa shape index (κ1) is 25.8. The average Bonchev–Trinajstić information content (AvgIpc) is 2.93. The normalized spacial score (nSPS) is 17.9. The largest absolute Gasteiger partial charge is 0.490 e. The fourth-order valence-electron chi connectivity index (χ4n) is 4.68. The van der Waals surface area contributed by atoms with Gasteiger partial charge < -0.3 is 31.2 Å². The van der Waals surface area contributed by atoms with Gasteiger partial charge in [0.1, 0.15) is 24.3 Å². The van der Waals surface area contributed by atoms with Crippen molar-refractivity contribution in [2.75, 3.05) is 23.7 Å². The fourth-order valence-corrected chi connectivity index (χ4v) is 4.92. The van der Waals surface area contributed by atoms with Crippen molar-refractivity contribution in [3.63, 3.8) is 0 Å². The van der Waals surface area contributed by atoms with E-state index < -0.39 is 12.1 Å². The van der Waals surface area contributed by atoms with Gasteiger partial charge in [0, 0.05) is 35.3 Å². The van der Waals surface area contributed by atoms with Crippen LogP contribution < -0.4 is 31.2 Å². The van der Waals surface area contributed by atoms with Gasteiger partial charge in [-0.05, 0) is 75.2 Å². The summed E-state index contributed by atoms with van der Waals surface area (Å²) >= 11 is 6.50. The first-order valence-corrected chi connectivity index (χ1v) is 13.1. The van der Waals surface area contributed by atoms with Gasteiger partial charge in [0.2, 0.25) is 0 Å². The number of primary amides is 1. The molecule has 0 bridgehead atoms. The molecule has 0 saturated carbocycles. The average molecular weight is 535 g/mol. The van der Waals surface area contributed by atoms with Gasteiger partial charge in [-0.15, -0.1) is 0 Å². The van der Waals surface area contributed by atoms with Crippen molar-refractivity contribution in [1.82, 2.24) is 10.3 Å². The fraction of sp³-hybridized carbons (Fsp3) is 0.321. The summed E-state index contributed by atoms with van der Waals surface area (Å²) in [5.41, 5.74) is 8.81. The molecule has 0 spiro atoms. The lowest BCUT2D eigenvalue weighted by molar-refractivity contribution is -0.112. The first-order chi connectivity index (χ1) is 18.5. The molecular weight excluding hydrogens is 504 g/mol. The number of hydrogen-bond acceptors (Lipinski definition) is 8. The summed E-state index contributed by atoms with van der Waals surface area (Å²) in [6, 6.07) is 15.0. The van der Waals surface area contributed by atoms with Crippen molar-refractivity contribution < 1.29 is 14.3 Å². The van der Waals surface area contributed by atoms with Gasteiger partial charge in [-0.3, -0.25) is 9.78 Å². The smallest absolute Gasteiger partial charge is 0.284 e. The molecule has 1 saturated heterocycles. The number of carbonyl (C=O) groups is 1. The van der Waals surface area contributed by atoms with Gasteiger partial charge in [0.15, 0.2) is 5.84 Å². The van der Waals surface area contributed by atoms with Crippen molar-refractivity contribution in [3.8, 4) is 11.5 Å². The second kappa shape index (κ2) is 11.7. The van der Waals surface area contributed by atoms with Crippen molar-refractivity contribution in [1.29, 1.82) is 0 Å². The van der Waals surface area contributed by atoms with Crippen LogP contribution in [0.1, 0.15) is 37.1 Å². The maximum Gasteiger partial charge on any atom is 0.284 e. The van der Waals surface area contributed by atoms with E-state index in [-0.39, 0.29) is 11.9 Å². The zero-order valence-corrected chi connectivity index (χ0v) is 21.9. The third-order valence-electron chi connectivity index (χ3n) is 6.79. The number of ether oxygens (including phenoxy) is 2. The Labute approximate surface area is 226 Å². The monoisotopic (exact) mass is 534 g/mol. The number of piperidine rings is 1. The predicted octanol–water partition coefficient (Wildman–Crippen LogP) is 4.50. The van der Waals surface area contributed by atoms with Crippen LogP contribution in [0.5, 0.6) is 11.5 Å². The van der Waals surface area contributed by atoms with E-state index in [2.05, 4.69) is 32.9 Å². The van der Waals surface area contributed by atoms with Crippen LogP contribution in [-0.4, -0.2) is 35.9 Å². The lowest BCUT2D eigenvalue weighted by Gasteiger charge is -2.30. The van der Waals surface area contributed by atoms with Gasteiger partial charge in [-0.1, -0.05) is 17.7 Å². The van der Waals surface area contributed by atoms with Gasteiger partial charge in [-0.25, -0.2) is 4.99 Å². The highest BCUT2D eigenvalue weighted by Crippen LogP contribution is 2.36. The molecule has 2 aliphatic heterocycles. The van der Waals surface area contributed by atoms with E-state index in [0.29, 0.717) is 34.7 Å². The molecule has 1 fully saturated rings. The molecular formula is C28H31ClN6O3. The number of amidine groups is 1. The molecule has 2 aromatic carbocycles. The number of amides is 1. The zero-order valence-electron chi connectivity index (χ0n) is 21.1. The van der Waals surface area contributed by atoms with E-state index in [9.17, 15) is 4.79 Å². The summed E-state index contributed by atoms with van der Waals surface area (Å²) in [4.78, 5) is 20.6. The minimum absolute atomic E-state index is 0.0704. The van der Waals surface area contributed by atoms with Crippen LogP contribution in [0.3, 0.4) is 0 Å². The Morgan fingerprint density at radius 2 is 2.05 bits per heavy atom. The number of anilines is 2. The predicted molar refractivity (Wildman–Crippen MR) is 149 cm³/mol. The van der Waals surface area contributed by atoms with Crippen LogP contribution in [0, 0.1) is 5.92 Å². The highest BCUT2D eigenvalue weighted by atomic mass is 35.5. The Balaban J connectivity index is 1.31. The quantitative estimate of drug-likeness (QED) is 0.319. The number of carbonyl (C=O) groups excluding carboxylic acids is 1. The second-order valence-corrected chi connectivity index (χ2v) is 9.88. The highest BCUT2D eigenvalue weighted by molar-refractivity contribution is 6.42. The van der Waals surface area contributed by atoms with Gasteiger partial charge >= 0.3 is 0 Å². The number of nitrogens with zero attached hydrogens (tertiary/aromatic N) is 2. The summed E-state index contributed by atoms with van der Waals surface area (Å²) in [6.45, 7) is 4.49. The summed E-state index contributed by atoms with van der Waals surface area (Å²) in [5, 5.41) is 10.2. The lowest BCUT2D eigenvalue weighted by atomic mass is 9.93. The van der Waals surface area contributed by atoms with Crippen LogP contribution in [-0.2, 0) is 11.4 Å². The van der Waals surface area contributed by atoms with Crippen LogP contribution in [0.4, 0.5) is 11.4 Å². The molecule has 2 unspecified atom stereocenters. The number of benzene rings is 2. The maximum atomic E-state index is 12.0. The number of pyridine rings is 1. The highest BCUT2D eigenvalue weighted by Gasteiger charge is 2.26. The number of halogens is 1. The van der Waals surface area contributed by atoms with E-state index in [4.69, 9.17) is 26.8 Å². The number of nitrogens with two attached hydrogens (primary N) is 1. The molecule has 1 amide bonds. The van der Waals surface area contributed by atoms with Crippen LogP contribution in [0.15, 0.2) is 65.9 Å². The third kappa shape index (κ3) is 6.17. The van der Waals surface area contributed by atoms with Crippen molar-refractivity contribution in [3.05, 3.63) is 77.1 Å². The van der Waals surface area contributed by atoms with E-state index in [1.165, 1.54) is 0 Å². The van der Waals surface area contributed by atoms with Gasteiger partial charge in [-0.2, -0.15) is 0 Å². The molecule has 9 nitrogen and oxygen atoms in total. The molecule has 0 radical (unpaired) electrons. The standard InChI is InChI=1S/C28H31ClN6O3/c1-17(19-8-11-31-12-9-19)38-21-5-6-22-24(14-21)34-28(26(30)36)35-27(22)33-20-4-7-25(23(29)13-20)37-16-18-3-2-10-32-15-18/h2-7,10,13-15,17,19,27,31,33H,8-9,11-12,16H2,1H3,(H2,30,36)(H,34,35). The van der Waals surface area contributed by atoms with Gasteiger partial charge in [0.05, 0.1) is 16.8 Å². The third-order valence-corrected chi connectivity index (χ3v) is 7.08. The Morgan fingerprint density at radius 1 is 1.21 bits per heavy atom. The number of aromatic nitrogens is 1. The Morgan fingerprint density at radius 3 is 2.79 bits per heavy atom. The molecule has 1 aromatic heterocycles. The van der Waals surface area contributed by atoms with E-state index in [1.807, 2.05) is 36.4 Å². The Hall–Kier alpha value is -3.82. The number of aliphatic imine (C=N–C) groups is 1. The molecule has 5 rings (SSSR count). The summed E-state index contributed by atoms with van der Waals surface area (Å²) < 4.78 is 12.1. The van der Waals surface area contributed by atoms with Crippen LogP contribution in [0.2, 0.25) is 5.02 Å². The molecule has 198 valence electrons.